The predicted octanol–water partition coefficient (Wildman–Crippen LogP) is 3.26. The van der Waals surface area contributed by atoms with Crippen LogP contribution < -0.4 is 5.32 Å². The third-order valence-corrected chi connectivity index (χ3v) is 4.70. The van der Waals surface area contributed by atoms with Gasteiger partial charge in [-0.1, -0.05) is 23.2 Å². The van der Waals surface area contributed by atoms with Crippen LogP contribution in [0.1, 0.15) is 10.4 Å². The molecule has 1 rings (SSSR count). The van der Waals surface area contributed by atoms with E-state index in [9.17, 15) is 9.59 Å². The van der Waals surface area contributed by atoms with Gasteiger partial charge >= 0.3 is 5.97 Å². The molecule has 1 aromatic rings. The second kappa shape index (κ2) is 8.67. The summed E-state index contributed by atoms with van der Waals surface area (Å²) in [5, 5.41) is 12.0. The lowest BCUT2D eigenvalue weighted by Gasteiger charge is -2.09. The Balaban J connectivity index is 2.57. The minimum Gasteiger partial charge on any atom is -0.481 e. The summed E-state index contributed by atoms with van der Waals surface area (Å²) in [5.74, 6) is -0.614. The third-order valence-electron chi connectivity index (χ3n) is 2.24. The van der Waals surface area contributed by atoms with Gasteiger partial charge in [-0.3, -0.25) is 9.59 Å². The van der Waals surface area contributed by atoms with E-state index in [1.807, 2.05) is 6.26 Å². The molecule has 1 aromatic carbocycles. The number of carboxylic acids is 1. The molecule has 2 N–H and O–H groups in total. The molecule has 0 aliphatic carbocycles. The second-order valence-corrected chi connectivity index (χ2v) is 6.44. The van der Waals surface area contributed by atoms with E-state index in [1.54, 1.807) is 12.1 Å². The highest BCUT2D eigenvalue weighted by Crippen LogP contribution is 2.31. The molecule has 0 heterocycles. The van der Waals surface area contributed by atoms with Gasteiger partial charge in [-0.25, -0.2) is 0 Å². The van der Waals surface area contributed by atoms with Gasteiger partial charge in [-0.2, -0.15) is 0 Å². The minimum absolute atomic E-state index is 0.0220. The van der Waals surface area contributed by atoms with Crippen molar-refractivity contribution >= 4 is 58.6 Å². The van der Waals surface area contributed by atoms with Gasteiger partial charge in [0.15, 0.2) is 0 Å². The van der Waals surface area contributed by atoms with Crippen LogP contribution in [0.25, 0.3) is 0 Å². The van der Waals surface area contributed by atoms with Crippen molar-refractivity contribution in [3.05, 3.63) is 27.7 Å². The van der Waals surface area contributed by atoms with Crippen molar-refractivity contribution in [2.45, 2.75) is 4.90 Å². The summed E-state index contributed by atoms with van der Waals surface area (Å²) >= 11 is 14.7. The molecule has 20 heavy (non-hydrogen) atoms. The van der Waals surface area contributed by atoms with Crippen molar-refractivity contribution in [3.63, 3.8) is 0 Å². The van der Waals surface area contributed by atoms with Crippen LogP contribution in [0, 0.1) is 0 Å². The van der Waals surface area contributed by atoms with Crippen molar-refractivity contribution in [3.8, 4) is 0 Å². The maximum absolute atomic E-state index is 12.0. The van der Waals surface area contributed by atoms with Gasteiger partial charge in [0, 0.05) is 17.2 Å². The topological polar surface area (TPSA) is 66.4 Å². The summed E-state index contributed by atoms with van der Waals surface area (Å²) in [6.07, 6.45) is 1.86. The summed E-state index contributed by atoms with van der Waals surface area (Å²) in [6, 6.07) is 3.19. The van der Waals surface area contributed by atoms with Gasteiger partial charge in [0.2, 0.25) is 0 Å². The minimum atomic E-state index is -0.869. The molecule has 0 radical (unpaired) electrons. The van der Waals surface area contributed by atoms with E-state index in [4.69, 9.17) is 28.3 Å². The van der Waals surface area contributed by atoms with Crippen LogP contribution in [-0.4, -0.2) is 41.3 Å². The normalized spacial score (nSPS) is 10.3. The number of rotatable bonds is 7. The lowest BCUT2D eigenvalue weighted by Crippen LogP contribution is -2.26. The van der Waals surface area contributed by atoms with Crippen LogP contribution in [0.15, 0.2) is 17.0 Å². The lowest BCUT2D eigenvalue weighted by molar-refractivity contribution is -0.133. The number of hydrogen-bond donors (Lipinski definition) is 2. The van der Waals surface area contributed by atoms with Gasteiger partial charge in [-0.05, 0) is 18.4 Å². The number of carboxylic acid groups (broad SMARTS) is 1. The molecule has 0 aliphatic rings. The molecule has 1 amide bonds. The molecular formula is C12H13Cl2NO3S2. The number of halogens is 2. The maximum Gasteiger partial charge on any atom is 0.313 e. The Morgan fingerprint density at radius 2 is 2.00 bits per heavy atom. The van der Waals surface area contributed by atoms with Crippen molar-refractivity contribution in [2.75, 3.05) is 24.3 Å². The van der Waals surface area contributed by atoms with Crippen LogP contribution >= 0.6 is 46.7 Å². The second-order valence-electron chi connectivity index (χ2n) is 3.67. The summed E-state index contributed by atoms with van der Waals surface area (Å²) in [4.78, 5) is 23.1. The Bertz CT molecular complexity index is 512. The maximum atomic E-state index is 12.0. The average Bonchev–Trinajstić information content (AvgIpc) is 2.38. The predicted molar refractivity (Wildman–Crippen MR) is 85.5 cm³/mol. The number of amides is 1. The third kappa shape index (κ3) is 5.44. The number of aliphatic carboxylic acids is 1. The molecule has 110 valence electrons. The van der Waals surface area contributed by atoms with Crippen molar-refractivity contribution < 1.29 is 14.7 Å². The molecule has 0 atom stereocenters. The van der Waals surface area contributed by atoms with Crippen molar-refractivity contribution in [1.29, 1.82) is 0 Å². The fourth-order valence-electron chi connectivity index (χ4n) is 1.35. The average molecular weight is 354 g/mol. The monoisotopic (exact) mass is 353 g/mol. The van der Waals surface area contributed by atoms with Gasteiger partial charge < -0.3 is 10.4 Å². The Kier molecular flexibility index (Phi) is 7.58. The molecule has 0 spiro atoms. The standard InChI is InChI=1S/C12H13Cl2NO3S2/c1-19-10-4-7(8(13)5-9(10)14)12(18)15-2-3-20-6-11(16)17/h4-5H,2-3,6H2,1H3,(H,15,18)(H,16,17). The first-order valence-electron chi connectivity index (χ1n) is 5.56. The van der Waals surface area contributed by atoms with Crippen LogP contribution in [0.5, 0.6) is 0 Å². The Morgan fingerprint density at radius 3 is 2.60 bits per heavy atom. The van der Waals surface area contributed by atoms with Crippen LogP contribution in [0.4, 0.5) is 0 Å². The first-order valence-corrected chi connectivity index (χ1v) is 8.70. The van der Waals surface area contributed by atoms with E-state index in [-0.39, 0.29) is 11.7 Å². The molecule has 0 aromatic heterocycles. The molecule has 0 fully saturated rings. The van der Waals surface area contributed by atoms with E-state index in [1.165, 1.54) is 23.5 Å². The quantitative estimate of drug-likeness (QED) is 0.581. The molecule has 8 heteroatoms. The molecule has 0 saturated carbocycles. The Labute approximate surface area is 135 Å². The van der Waals surface area contributed by atoms with Crippen molar-refractivity contribution in [2.24, 2.45) is 0 Å². The van der Waals surface area contributed by atoms with Crippen LogP contribution in [-0.2, 0) is 4.79 Å². The van der Waals surface area contributed by atoms with Gasteiger partial charge in [0.1, 0.15) is 0 Å². The fourth-order valence-corrected chi connectivity index (χ4v) is 3.11. The number of benzene rings is 1. The first kappa shape index (κ1) is 17.5. The Hall–Kier alpha value is -0.560. The fraction of sp³-hybridized carbons (Fsp3) is 0.333. The largest absolute Gasteiger partial charge is 0.481 e. The van der Waals surface area contributed by atoms with Crippen LogP contribution in [0.3, 0.4) is 0 Å². The highest BCUT2D eigenvalue weighted by atomic mass is 35.5. The number of nitrogens with one attached hydrogen (secondary N) is 1. The highest BCUT2D eigenvalue weighted by Gasteiger charge is 2.13. The summed E-state index contributed by atoms with van der Waals surface area (Å²) in [5.41, 5.74) is 0.364. The van der Waals surface area contributed by atoms with Gasteiger partial charge in [-0.15, -0.1) is 23.5 Å². The number of carbonyl (C=O) groups is 2. The molecule has 4 nitrogen and oxygen atoms in total. The smallest absolute Gasteiger partial charge is 0.313 e. The summed E-state index contributed by atoms with van der Waals surface area (Å²) in [6.45, 7) is 0.379. The zero-order chi connectivity index (χ0) is 15.1. The van der Waals surface area contributed by atoms with Gasteiger partial charge in [0.25, 0.3) is 5.91 Å². The van der Waals surface area contributed by atoms with E-state index in [0.29, 0.717) is 27.9 Å². The number of thioether (sulfide) groups is 2. The van der Waals surface area contributed by atoms with Crippen LogP contribution in [0.2, 0.25) is 10.0 Å². The van der Waals surface area contributed by atoms with E-state index in [0.717, 1.165) is 4.90 Å². The molecule has 0 bridgehead atoms. The summed E-state index contributed by atoms with van der Waals surface area (Å²) < 4.78 is 0. The molecule has 0 unspecified atom stereocenters. The zero-order valence-electron chi connectivity index (χ0n) is 10.6. The van der Waals surface area contributed by atoms with E-state index in [2.05, 4.69) is 5.32 Å². The van der Waals surface area contributed by atoms with Crippen molar-refractivity contribution in [1.82, 2.24) is 5.32 Å². The summed E-state index contributed by atoms with van der Waals surface area (Å²) in [7, 11) is 0. The lowest BCUT2D eigenvalue weighted by atomic mass is 10.2. The SMILES string of the molecule is CSc1cc(C(=O)NCCSCC(=O)O)c(Cl)cc1Cl. The first-order chi connectivity index (χ1) is 9.45. The molecule has 0 aliphatic heterocycles. The molecular weight excluding hydrogens is 341 g/mol. The van der Waals surface area contributed by atoms with E-state index < -0.39 is 5.97 Å². The zero-order valence-corrected chi connectivity index (χ0v) is 13.8. The number of hydrogen-bond acceptors (Lipinski definition) is 4. The molecule has 0 saturated heterocycles. The Morgan fingerprint density at radius 1 is 1.30 bits per heavy atom. The van der Waals surface area contributed by atoms with Gasteiger partial charge in [0.05, 0.1) is 21.4 Å². The number of carbonyl (C=O) groups excluding carboxylic acids is 1. The highest BCUT2D eigenvalue weighted by molar-refractivity contribution is 7.99. The van der Waals surface area contributed by atoms with E-state index >= 15 is 0 Å².